The topological polar surface area (TPSA) is 61.9 Å². The van der Waals surface area contributed by atoms with E-state index < -0.39 is 11.8 Å². The number of thiocarbonyl (C=S) groups is 1. The van der Waals surface area contributed by atoms with Crippen molar-refractivity contribution in [3.05, 3.63) is 58.1 Å². The number of ether oxygens (including phenoxy) is 1. The van der Waals surface area contributed by atoms with Gasteiger partial charge in [0.15, 0.2) is 5.11 Å². The van der Waals surface area contributed by atoms with E-state index >= 15 is 0 Å². The number of carbonyl (C=O) groups excluding carboxylic acids is 2. The molecule has 0 unspecified atom stereocenters. The minimum atomic E-state index is -0.519. The average molecular weight is 474 g/mol. The highest BCUT2D eigenvalue weighted by atomic mass is 79.9. The number of carbonyl (C=O) groups is 2. The Morgan fingerprint density at radius 2 is 1.86 bits per heavy atom. The van der Waals surface area contributed by atoms with E-state index in [1.165, 1.54) is 4.90 Å². The Balaban J connectivity index is 1.94. The SMILES string of the molecule is CCOc1ccc(N2C(=O)/C(=C/c3ccc(N(C)C)c(Br)c3)C(=O)NC2=S)cc1. The van der Waals surface area contributed by atoms with Crippen LogP contribution in [0.5, 0.6) is 5.75 Å². The van der Waals surface area contributed by atoms with E-state index in [2.05, 4.69) is 21.2 Å². The highest BCUT2D eigenvalue weighted by Crippen LogP contribution is 2.28. The molecule has 1 aliphatic rings. The van der Waals surface area contributed by atoms with Gasteiger partial charge in [0.05, 0.1) is 18.0 Å². The molecule has 0 bridgehead atoms. The second-order valence-corrected chi connectivity index (χ2v) is 7.73. The molecule has 0 atom stereocenters. The molecular formula is C21H20BrN3O3S. The molecular weight excluding hydrogens is 454 g/mol. The summed E-state index contributed by atoms with van der Waals surface area (Å²) in [6.07, 6.45) is 1.56. The molecule has 1 saturated heterocycles. The monoisotopic (exact) mass is 473 g/mol. The largest absolute Gasteiger partial charge is 0.494 e. The van der Waals surface area contributed by atoms with Crippen LogP contribution in [0.3, 0.4) is 0 Å². The lowest BCUT2D eigenvalue weighted by Crippen LogP contribution is -2.54. The van der Waals surface area contributed by atoms with Gasteiger partial charge in [0.2, 0.25) is 0 Å². The zero-order valence-electron chi connectivity index (χ0n) is 16.2. The first kappa shape index (κ1) is 21.0. The minimum absolute atomic E-state index is 0.0111. The van der Waals surface area contributed by atoms with Crippen molar-refractivity contribution in [2.24, 2.45) is 0 Å². The summed E-state index contributed by atoms with van der Waals surface area (Å²) < 4.78 is 6.29. The zero-order chi connectivity index (χ0) is 21.1. The van der Waals surface area contributed by atoms with Gasteiger partial charge < -0.3 is 9.64 Å². The van der Waals surface area contributed by atoms with Gasteiger partial charge in [-0.3, -0.25) is 19.8 Å². The fourth-order valence-electron chi connectivity index (χ4n) is 2.89. The summed E-state index contributed by atoms with van der Waals surface area (Å²) in [6, 6.07) is 12.6. The molecule has 2 amide bonds. The van der Waals surface area contributed by atoms with Crippen molar-refractivity contribution in [1.82, 2.24) is 5.32 Å². The third-order valence-electron chi connectivity index (χ3n) is 4.27. The van der Waals surface area contributed by atoms with Crippen LogP contribution < -0.4 is 19.9 Å². The van der Waals surface area contributed by atoms with Crippen molar-refractivity contribution in [2.45, 2.75) is 6.92 Å². The highest BCUT2D eigenvalue weighted by Gasteiger charge is 2.34. The molecule has 1 aliphatic heterocycles. The molecule has 1 heterocycles. The molecule has 3 rings (SSSR count). The number of anilines is 2. The predicted octanol–water partition coefficient (Wildman–Crippen LogP) is 3.75. The second-order valence-electron chi connectivity index (χ2n) is 6.49. The summed E-state index contributed by atoms with van der Waals surface area (Å²) in [5.41, 5.74) is 2.28. The maximum atomic E-state index is 13.1. The van der Waals surface area contributed by atoms with E-state index in [-0.39, 0.29) is 10.7 Å². The van der Waals surface area contributed by atoms with Crippen LogP contribution in [0.4, 0.5) is 11.4 Å². The standard InChI is InChI=1S/C21H20BrN3O3S/c1-4-28-15-8-6-14(7-9-15)25-20(27)16(19(26)23-21(25)29)11-13-5-10-18(24(2)3)17(22)12-13/h5-12H,4H2,1-3H3,(H,23,26,29)/b16-11+. The van der Waals surface area contributed by atoms with Crippen molar-refractivity contribution in [1.29, 1.82) is 0 Å². The summed E-state index contributed by atoms with van der Waals surface area (Å²) >= 11 is 8.75. The predicted molar refractivity (Wildman–Crippen MR) is 122 cm³/mol. The van der Waals surface area contributed by atoms with Crippen LogP contribution >= 0.6 is 28.1 Å². The molecule has 0 aliphatic carbocycles. The number of nitrogens with zero attached hydrogens (tertiary/aromatic N) is 2. The first-order valence-electron chi connectivity index (χ1n) is 8.93. The lowest BCUT2D eigenvalue weighted by Gasteiger charge is -2.29. The second kappa shape index (κ2) is 8.75. The van der Waals surface area contributed by atoms with E-state index in [0.29, 0.717) is 18.0 Å². The molecule has 29 heavy (non-hydrogen) atoms. The van der Waals surface area contributed by atoms with Crippen LogP contribution in [-0.2, 0) is 9.59 Å². The smallest absolute Gasteiger partial charge is 0.270 e. The van der Waals surface area contributed by atoms with Gasteiger partial charge in [0.1, 0.15) is 11.3 Å². The lowest BCUT2D eigenvalue weighted by molar-refractivity contribution is -0.122. The summed E-state index contributed by atoms with van der Waals surface area (Å²) in [5.74, 6) is -0.303. The molecule has 8 heteroatoms. The summed E-state index contributed by atoms with van der Waals surface area (Å²) in [6.45, 7) is 2.44. The number of benzene rings is 2. The Labute approximate surface area is 183 Å². The van der Waals surface area contributed by atoms with E-state index in [0.717, 1.165) is 15.7 Å². The Hall–Kier alpha value is -2.71. The normalized spacial score (nSPS) is 15.5. The zero-order valence-corrected chi connectivity index (χ0v) is 18.6. The fourth-order valence-corrected chi connectivity index (χ4v) is 3.92. The van der Waals surface area contributed by atoms with Crippen LogP contribution in [0, 0.1) is 0 Å². The molecule has 1 N–H and O–H groups in total. The van der Waals surface area contributed by atoms with Crippen molar-refractivity contribution < 1.29 is 14.3 Å². The number of rotatable bonds is 5. The van der Waals surface area contributed by atoms with Gasteiger partial charge in [-0.05, 0) is 83.1 Å². The lowest BCUT2D eigenvalue weighted by atomic mass is 10.1. The van der Waals surface area contributed by atoms with E-state index in [1.807, 2.05) is 44.1 Å². The van der Waals surface area contributed by atoms with Gasteiger partial charge in [-0.25, -0.2) is 0 Å². The quantitative estimate of drug-likeness (QED) is 0.407. The van der Waals surface area contributed by atoms with Crippen LogP contribution in [0.25, 0.3) is 6.08 Å². The van der Waals surface area contributed by atoms with Crippen molar-refractivity contribution in [2.75, 3.05) is 30.5 Å². The number of amides is 2. The van der Waals surface area contributed by atoms with E-state index in [1.54, 1.807) is 30.3 Å². The Kier molecular flexibility index (Phi) is 6.34. The molecule has 0 saturated carbocycles. The maximum absolute atomic E-state index is 13.1. The summed E-state index contributed by atoms with van der Waals surface area (Å²) in [4.78, 5) is 28.8. The first-order chi connectivity index (χ1) is 13.8. The van der Waals surface area contributed by atoms with Crippen LogP contribution in [0.1, 0.15) is 12.5 Å². The molecule has 0 radical (unpaired) electrons. The van der Waals surface area contributed by atoms with Gasteiger partial charge in [0, 0.05) is 18.6 Å². The van der Waals surface area contributed by atoms with Crippen LogP contribution in [0.15, 0.2) is 52.5 Å². The number of hydrogen-bond donors (Lipinski definition) is 1. The number of nitrogens with one attached hydrogen (secondary N) is 1. The summed E-state index contributed by atoms with van der Waals surface area (Å²) in [5, 5.41) is 2.64. The molecule has 6 nitrogen and oxygen atoms in total. The number of halogens is 1. The average Bonchev–Trinajstić information content (AvgIpc) is 2.66. The third-order valence-corrected chi connectivity index (χ3v) is 5.19. The Morgan fingerprint density at radius 3 is 2.45 bits per heavy atom. The molecule has 2 aromatic rings. The maximum Gasteiger partial charge on any atom is 0.270 e. The van der Waals surface area contributed by atoms with Gasteiger partial charge in [0.25, 0.3) is 11.8 Å². The molecule has 0 aromatic heterocycles. The van der Waals surface area contributed by atoms with Crippen LogP contribution in [-0.4, -0.2) is 37.6 Å². The van der Waals surface area contributed by atoms with Crippen molar-refractivity contribution >= 4 is 62.5 Å². The number of hydrogen-bond acceptors (Lipinski definition) is 5. The Morgan fingerprint density at radius 1 is 1.17 bits per heavy atom. The fraction of sp³-hybridized carbons (Fsp3) is 0.190. The van der Waals surface area contributed by atoms with Crippen molar-refractivity contribution in [3.63, 3.8) is 0 Å². The van der Waals surface area contributed by atoms with Gasteiger partial charge in [-0.2, -0.15) is 0 Å². The van der Waals surface area contributed by atoms with Gasteiger partial charge in [-0.1, -0.05) is 6.07 Å². The molecule has 1 fully saturated rings. The third kappa shape index (κ3) is 4.49. The highest BCUT2D eigenvalue weighted by molar-refractivity contribution is 9.10. The molecule has 0 spiro atoms. The van der Waals surface area contributed by atoms with Gasteiger partial charge >= 0.3 is 0 Å². The molecule has 2 aromatic carbocycles. The summed E-state index contributed by atoms with van der Waals surface area (Å²) in [7, 11) is 3.87. The van der Waals surface area contributed by atoms with Gasteiger partial charge in [-0.15, -0.1) is 0 Å². The van der Waals surface area contributed by atoms with E-state index in [9.17, 15) is 9.59 Å². The Bertz CT molecular complexity index is 1000. The first-order valence-corrected chi connectivity index (χ1v) is 10.1. The minimum Gasteiger partial charge on any atom is -0.494 e. The van der Waals surface area contributed by atoms with E-state index in [4.69, 9.17) is 17.0 Å². The molecule has 150 valence electrons. The van der Waals surface area contributed by atoms with Crippen LogP contribution in [0.2, 0.25) is 0 Å². The van der Waals surface area contributed by atoms with Crippen molar-refractivity contribution in [3.8, 4) is 5.75 Å².